The number of fused-ring (bicyclic) bond motifs is 3. The Labute approximate surface area is 175 Å². The maximum atomic E-state index is 4.12. The fraction of sp³-hybridized carbons (Fsp3) is 0.360. The van der Waals surface area contributed by atoms with Gasteiger partial charge in [0, 0.05) is 31.0 Å². The number of thiophene rings is 1. The molecule has 1 aliphatic carbocycles. The normalized spacial score (nSPS) is 20.3. The SMILES string of the molecule is CC1=C(C)C(S(C)(NC(C)(C)C)c2ccccc2C)c2sc3ccccc3c21. The van der Waals surface area contributed by atoms with Crippen LogP contribution in [0, 0.1) is 6.92 Å². The highest BCUT2D eigenvalue weighted by molar-refractivity contribution is 8.32. The second-order valence-electron chi connectivity index (χ2n) is 9.12. The first-order valence-electron chi connectivity index (χ1n) is 9.94. The summed E-state index contributed by atoms with van der Waals surface area (Å²) >= 11 is 1.99. The molecule has 0 spiro atoms. The molecule has 148 valence electrons. The lowest BCUT2D eigenvalue weighted by Gasteiger charge is -2.48. The summed E-state index contributed by atoms with van der Waals surface area (Å²) in [5.74, 6) is 0. The van der Waals surface area contributed by atoms with Crippen LogP contribution in [0.25, 0.3) is 15.7 Å². The summed E-state index contributed by atoms with van der Waals surface area (Å²) < 4.78 is 5.53. The summed E-state index contributed by atoms with van der Waals surface area (Å²) in [7, 11) is -1.33. The average molecular weight is 410 g/mol. The van der Waals surface area contributed by atoms with Gasteiger partial charge in [0.2, 0.25) is 0 Å². The lowest BCUT2D eigenvalue weighted by atomic mass is 10.1. The third-order valence-electron chi connectivity index (χ3n) is 5.76. The fourth-order valence-electron chi connectivity index (χ4n) is 4.70. The molecule has 3 aromatic rings. The Bertz CT molecular complexity index is 1080. The highest BCUT2D eigenvalue weighted by atomic mass is 32.3. The van der Waals surface area contributed by atoms with E-state index >= 15 is 0 Å². The number of hydrogen-bond donors (Lipinski definition) is 1. The van der Waals surface area contributed by atoms with Gasteiger partial charge in [-0.2, -0.15) is 10.2 Å². The van der Waals surface area contributed by atoms with Crippen LogP contribution in [0.15, 0.2) is 59.0 Å². The number of aryl methyl sites for hydroxylation is 1. The Morgan fingerprint density at radius 2 is 1.57 bits per heavy atom. The van der Waals surface area contributed by atoms with Crippen LogP contribution in [0.2, 0.25) is 0 Å². The Morgan fingerprint density at radius 1 is 0.929 bits per heavy atom. The van der Waals surface area contributed by atoms with E-state index in [0.717, 1.165) is 0 Å². The molecule has 2 aromatic carbocycles. The van der Waals surface area contributed by atoms with Crippen LogP contribution in [-0.4, -0.2) is 11.8 Å². The number of hydrogen-bond acceptors (Lipinski definition) is 2. The highest BCUT2D eigenvalue weighted by Gasteiger charge is 2.43. The first kappa shape index (κ1) is 19.8. The molecule has 2 unspecified atom stereocenters. The lowest BCUT2D eigenvalue weighted by Crippen LogP contribution is -2.40. The molecule has 0 radical (unpaired) electrons. The van der Waals surface area contributed by atoms with Crippen molar-refractivity contribution in [1.82, 2.24) is 4.72 Å². The molecule has 0 aliphatic heterocycles. The second-order valence-corrected chi connectivity index (χ2v) is 13.3. The zero-order chi connectivity index (χ0) is 20.3. The van der Waals surface area contributed by atoms with Gasteiger partial charge in [0.1, 0.15) is 0 Å². The molecule has 0 amide bonds. The van der Waals surface area contributed by atoms with E-state index in [2.05, 4.69) is 101 Å². The smallest absolute Gasteiger partial charge is 0.0605 e. The van der Waals surface area contributed by atoms with Crippen LogP contribution in [-0.2, 0) is 0 Å². The van der Waals surface area contributed by atoms with E-state index in [9.17, 15) is 0 Å². The van der Waals surface area contributed by atoms with Crippen LogP contribution in [0.3, 0.4) is 0 Å². The molecule has 1 heterocycles. The zero-order valence-corrected chi connectivity index (χ0v) is 19.6. The summed E-state index contributed by atoms with van der Waals surface area (Å²) in [6.45, 7) is 13.8. The Morgan fingerprint density at radius 3 is 2.25 bits per heavy atom. The molecule has 1 aromatic heterocycles. The first-order chi connectivity index (χ1) is 13.1. The summed E-state index contributed by atoms with van der Waals surface area (Å²) in [4.78, 5) is 3.03. The van der Waals surface area contributed by atoms with Crippen molar-refractivity contribution in [2.24, 2.45) is 0 Å². The standard InChI is InChI=1S/C25H31NS2/c1-16-12-8-11-15-21(16)28(7,26-25(4,5)6)24-18(3)17(2)22-19-13-9-10-14-20(19)27-23(22)24/h8-15,24,26H,1-7H3. The van der Waals surface area contributed by atoms with Crippen molar-refractivity contribution in [2.45, 2.75) is 57.2 Å². The van der Waals surface area contributed by atoms with E-state index in [1.54, 1.807) is 4.88 Å². The van der Waals surface area contributed by atoms with Gasteiger partial charge in [0.15, 0.2) is 0 Å². The number of nitrogens with one attached hydrogen (secondary N) is 1. The van der Waals surface area contributed by atoms with E-state index in [1.165, 1.54) is 37.3 Å². The monoisotopic (exact) mass is 409 g/mol. The van der Waals surface area contributed by atoms with Gasteiger partial charge in [-0.25, -0.2) is 0 Å². The van der Waals surface area contributed by atoms with E-state index in [4.69, 9.17) is 0 Å². The van der Waals surface area contributed by atoms with Crippen molar-refractivity contribution in [1.29, 1.82) is 0 Å². The predicted molar refractivity (Wildman–Crippen MR) is 129 cm³/mol. The Kier molecular flexibility index (Phi) is 4.77. The van der Waals surface area contributed by atoms with Gasteiger partial charge >= 0.3 is 0 Å². The average Bonchev–Trinajstić information content (AvgIpc) is 3.09. The molecule has 1 nitrogen and oxygen atoms in total. The van der Waals surface area contributed by atoms with Crippen LogP contribution in [0.1, 0.15) is 55.9 Å². The van der Waals surface area contributed by atoms with E-state index < -0.39 is 10.2 Å². The van der Waals surface area contributed by atoms with Gasteiger partial charge in [-0.05, 0) is 71.1 Å². The summed E-state index contributed by atoms with van der Waals surface area (Å²) in [5.41, 5.74) is 5.92. The van der Waals surface area contributed by atoms with Crippen molar-refractivity contribution in [3.05, 3.63) is 70.1 Å². The molecule has 4 rings (SSSR count). The third kappa shape index (κ3) is 3.04. The molecule has 28 heavy (non-hydrogen) atoms. The van der Waals surface area contributed by atoms with Crippen molar-refractivity contribution in [3.63, 3.8) is 0 Å². The summed E-state index contributed by atoms with van der Waals surface area (Å²) in [6, 6.07) is 17.9. The van der Waals surface area contributed by atoms with E-state index in [1.807, 2.05) is 11.3 Å². The maximum Gasteiger partial charge on any atom is 0.0605 e. The van der Waals surface area contributed by atoms with Crippen molar-refractivity contribution in [3.8, 4) is 0 Å². The lowest BCUT2D eigenvalue weighted by molar-refractivity contribution is 0.528. The second kappa shape index (κ2) is 6.76. The molecule has 0 saturated heterocycles. The molecule has 1 aliphatic rings. The van der Waals surface area contributed by atoms with Gasteiger partial charge in [-0.15, -0.1) is 11.3 Å². The van der Waals surface area contributed by atoms with Crippen molar-refractivity contribution in [2.75, 3.05) is 6.26 Å². The molecular formula is C25H31NS2. The van der Waals surface area contributed by atoms with Gasteiger partial charge in [0.05, 0.1) is 5.25 Å². The quantitative estimate of drug-likeness (QED) is 0.464. The zero-order valence-electron chi connectivity index (χ0n) is 18.0. The largest absolute Gasteiger partial charge is 0.271 e. The Hall–Kier alpha value is -1.55. The van der Waals surface area contributed by atoms with Crippen molar-refractivity contribution < 1.29 is 0 Å². The van der Waals surface area contributed by atoms with E-state index in [-0.39, 0.29) is 5.54 Å². The number of rotatable bonds is 3. The van der Waals surface area contributed by atoms with Gasteiger partial charge in [0.25, 0.3) is 0 Å². The number of allylic oxidation sites excluding steroid dienone is 1. The third-order valence-corrected chi connectivity index (χ3v) is 11.1. The van der Waals surface area contributed by atoms with Gasteiger partial charge < -0.3 is 0 Å². The highest BCUT2D eigenvalue weighted by Crippen LogP contribution is 2.70. The van der Waals surface area contributed by atoms with Crippen LogP contribution in [0.4, 0.5) is 0 Å². The molecule has 1 N–H and O–H groups in total. The first-order valence-corrected chi connectivity index (χ1v) is 12.9. The topological polar surface area (TPSA) is 12.0 Å². The summed E-state index contributed by atoms with van der Waals surface area (Å²) in [6.07, 6.45) is 2.49. The van der Waals surface area contributed by atoms with Crippen molar-refractivity contribution >= 4 is 37.2 Å². The predicted octanol–water partition coefficient (Wildman–Crippen LogP) is 7.85. The minimum atomic E-state index is -1.33. The molecule has 0 fully saturated rings. The molecule has 2 atom stereocenters. The van der Waals surface area contributed by atoms with Crippen LogP contribution in [0.5, 0.6) is 0 Å². The molecule has 3 heteroatoms. The maximum absolute atomic E-state index is 4.12. The van der Waals surface area contributed by atoms with Gasteiger partial charge in [-0.1, -0.05) is 42.0 Å². The fourth-order valence-corrected chi connectivity index (χ4v) is 11.0. The summed E-state index contributed by atoms with van der Waals surface area (Å²) in [5, 5.41) is 1.84. The Balaban J connectivity index is 2.00. The molecule has 0 bridgehead atoms. The minimum absolute atomic E-state index is 0.0417. The van der Waals surface area contributed by atoms with E-state index in [0.29, 0.717) is 5.25 Å². The molecule has 0 saturated carbocycles. The van der Waals surface area contributed by atoms with Crippen LogP contribution >= 0.6 is 21.6 Å². The van der Waals surface area contributed by atoms with Crippen LogP contribution < -0.4 is 4.72 Å². The molecular weight excluding hydrogens is 378 g/mol. The number of benzene rings is 2. The minimum Gasteiger partial charge on any atom is -0.271 e. The van der Waals surface area contributed by atoms with Gasteiger partial charge in [-0.3, -0.25) is 4.72 Å².